The van der Waals surface area contributed by atoms with Gasteiger partial charge < -0.3 is 9.73 Å². The number of hydrogen-bond donors (Lipinski definition) is 1. The van der Waals surface area contributed by atoms with Crippen LogP contribution in [0.5, 0.6) is 0 Å². The summed E-state index contributed by atoms with van der Waals surface area (Å²) in [6.07, 6.45) is 0. The van der Waals surface area contributed by atoms with E-state index in [1.807, 2.05) is 18.2 Å². The van der Waals surface area contributed by atoms with Crippen LogP contribution in [0.25, 0.3) is 21.7 Å². The lowest BCUT2D eigenvalue weighted by molar-refractivity contribution is 0.614. The first kappa shape index (κ1) is 16.8. The minimum Gasteiger partial charge on any atom is -0.424 e. The van der Waals surface area contributed by atoms with Crippen molar-refractivity contribution in [2.75, 3.05) is 5.32 Å². The fraction of sp³-hybridized carbons (Fsp3) is 0.238. The molecule has 0 aliphatic heterocycles. The highest BCUT2D eigenvalue weighted by molar-refractivity contribution is 7.13. The van der Waals surface area contributed by atoms with Gasteiger partial charge in [-0.05, 0) is 36.1 Å². The summed E-state index contributed by atoms with van der Waals surface area (Å²) >= 11 is 1.66. The summed E-state index contributed by atoms with van der Waals surface area (Å²) < 4.78 is 5.79. The van der Waals surface area contributed by atoms with Crippen molar-refractivity contribution in [1.29, 1.82) is 0 Å². The van der Waals surface area contributed by atoms with Crippen molar-refractivity contribution in [3.8, 4) is 10.6 Å². The zero-order valence-corrected chi connectivity index (χ0v) is 15.9. The van der Waals surface area contributed by atoms with Crippen LogP contribution in [0.15, 0.2) is 52.3 Å². The van der Waals surface area contributed by atoms with Gasteiger partial charge in [0.1, 0.15) is 10.5 Å². The number of oxazole rings is 1. The van der Waals surface area contributed by atoms with Gasteiger partial charge in [0.25, 0.3) is 6.01 Å². The van der Waals surface area contributed by atoms with Crippen molar-refractivity contribution >= 4 is 28.5 Å². The molecule has 0 unspecified atom stereocenters. The minimum atomic E-state index is 0.474. The summed E-state index contributed by atoms with van der Waals surface area (Å²) in [5.41, 5.74) is 6.36. The van der Waals surface area contributed by atoms with E-state index in [0.717, 1.165) is 21.8 Å². The smallest absolute Gasteiger partial charge is 0.296 e. The number of aromatic nitrogens is 2. The summed E-state index contributed by atoms with van der Waals surface area (Å²) in [5.74, 6) is 0.474. The quantitative estimate of drug-likeness (QED) is 0.473. The van der Waals surface area contributed by atoms with Crippen molar-refractivity contribution in [2.45, 2.75) is 33.2 Å². The van der Waals surface area contributed by atoms with Gasteiger partial charge in [0.2, 0.25) is 0 Å². The normalized spacial score (nSPS) is 11.4. The van der Waals surface area contributed by atoms with E-state index in [9.17, 15) is 0 Å². The maximum Gasteiger partial charge on any atom is 0.296 e. The largest absolute Gasteiger partial charge is 0.424 e. The van der Waals surface area contributed by atoms with Gasteiger partial charge in [0.15, 0.2) is 5.58 Å². The van der Waals surface area contributed by atoms with E-state index in [0.29, 0.717) is 18.5 Å². The topological polar surface area (TPSA) is 51.0 Å². The van der Waals surface area contributed by atoms with Gasteiger partial charge in [-0.25, -0.2) is 4.98 Å². The van der Waals surface area contributed by atoms with Crippen LogP contribution < -0.4 is 5.32 Å². The molecule has 0 amide bonds. The second-order valence-corrected chi connectivity index (χ2v) is 7.57. The van der Waals surface area contributed by atoms with Crippen LogP contribution in [0.4, 0.5) is 6.01 Å². The SMILES string of the molecule is Cc1ccccc1-c1nc(CNc2nc3cc(C(C)C)ccc3o2)cs1. The molecule has 26 heavy (non-hydrogen) atoms. The number of aryl methyl sites for hydroxylation is 1. The number of benzene rings is 2. The standard InChI is InChI=1S/C21H21N3OS/c1-13(2)15-8-9-19-18(10-15)24-21(25-19)22-11-16-12-26-20(23-16)17-7-5-4-6-14(17)3/h4-10,12-13H,11H2,1-3H3,(H,22,24). The van der Waals surface area contributed by atoms with Crippen molar-refractivity contribution in [3.63, 3.8) is 0 Å². The Hall–Kier alpha value is -2.66. The average Bonchev–Trinajstić information content (AvgIpc) is 3.26. The highest BCUT2D eigenvalue weighted by Gasteiger charge is 2.10. The second kappa shape index (κ2) is 6.92. The summed E-state index contributed by atoms with van der Waals surface area (Å²) in [7, 11) is 0. The number of fused-ring (bicyclic) bond motifs is 1. The van der Waals surface area contributed by atoms with Gasteiger partial charge in [-0.15, -0.1) is 11.3 Å². The lowest BCUT2D eigenvalue weighted by atomic mass is 10.0. The molecule has 2 aromatic carbocycles. The van der Waals surface area contributed by atoms with Crippen molar-refractivity contribution in [2.24, 2.45) is 0 Å². The monoisotopic (exact) mass is 363 g/mol. The number of nitrogens with zero attached hydrogens (tertiary/aromatic N) is 2. The minimum absolute atomic E-state index is 0.474. The molecular weight excluding hydrogens is 342 g/mol. The third-order valence-corrected chi connectivity index (χ3v) is 5.35. The van der Waals surface area contributed by atoms with Crippen LogP contribution in [-0.4, -0.2) is 9.97 Å². The maximum atomic E-state index is 5.79. The van der Waals surface area contributed by atoms with Crippen molar-refractivity contribution < 1.29 is 4.42 Å². The van der Waals surface area contributed by atoms with Crippen molar-refractivity contribution in [1.82, 2.24) is 9.97 Å². The lowest BCUT2D eigenvalue weighted by Crippen LogP contribution is -1.99. The van der Waals surface area contributed by atoms with E-state index in [4.69, 9.17) is 9.40 Å². The first-order valence-corrected chi connectivity index (χ1v) is 9.63. The number of anilines is 1. The Morgan fingerprint density at radius 1 is 1.12 bits per heavy atom. The summed E-state index contributed by atoms with van der Waals surface area (Å²) in [6, 6.07) is 15.0. The summed E-state index contributed by atoms with van der Waals surface area (Å²) in [6.45, 7) is 7.05. The zero-order chi connectivity index (χ0) is 18.1. The van der Waals surface area contributed by atoms with Gasteiger partial charge in [-0.3, -0.25) is 0 Å². The Balaban J connectivity index is 1.49. The molecule has 0 fully saturated rings. The van der Waals surface area contributed by atoms with Gasteiger partial charge in [-0.2, -0.15) is 4.98 Å². The third-order valence-electron chi connectivity index (χ3n) is 4.43. The molecule has 132 valence electrons. The Kier molecular flexibility index (Phi) is 4.47. The van der Waals surface area contributed by atoms with Gasteiger partial charge in [0.05, 0.1) is 12.2 Å². The molecule has 4 nitrogen and oxygen atoms in total. The second-order valence-electron chi connectivity index (χ2n) is 6.71. The fourth-order valence-corrected chi connectivity index (χ4v) is 3.78. The molecule has 2 heterocycles. The number of thiazole rings is 1. The Morgan fingerprint density at radius 2 is 1.96 bits per heavy atom. The number of hydrogen-bond acceptors (Lipinski definition) is 5. The van der Waals surface area contributed by atoms with Crippen LogP contribution in [-0.2, 0) is 6.54 Å². The fourth-order valence-electron chi connectivity index (χ4n) is 2.87. The molecule has 0 radical (unpaired) electrons. The molecule has 0 saturated carbocycles. The molecule has 0 spiro atoms. The van der Waals surface area contributed by atoms with E-state index in [-0.39, 0.29) is 0 Å². The molecule has 4 rings (SSSR count). The van der Waals surface area contributed by atoms with Crippen LogP contribution in [0.1, 0.15) is 36.6 Å². The van der Waals surface area contributed by atoms with E-state index in [1.54, 1.807) is 11.3 Å². The first-order valence-electron chi connectivity index (χ1n) is 8.75. The van der Waals surface area contributed by atoms with E-state index in [2.05, 4.69) is 60.7 Å². The van der Waals surface area contributed by atoms with Gasteiger partial charge in [0, 0.05) is 10.9 Å². The Morgan fingerprint density at radius 3 is 2.77 bits per heavy atom. The molecular formula is C21H21N3OS. The van der Waals surface area contributed by atoms with Crippen molar-refractivity contribution in [3.05, 3.63) is 64.7 Å². The first-order chi connectivity index (χ1) is 12.6. The zero-order valence-electron chi connectivity index (χ0n) is 15.1. The Labute approximate surface area is 156 Å². The molecule has 0 aliphatic rings. The van der Waals surface area contributed by atoms with Gasteiger partial charge >= 0.3 is 0 Å². The Bertz CT molecular complexity index is 1050. The predicted octanol–water partition coefficient (Wildman–Crippen LogP) is 6.00. The molecule has 0 bridgehead atoms. The molecule has 0 saturated heterocycles. The highest BCUT2D eigenvalue weighted by Crippen LogP contribution is 2.27. The van der Waals surface area contributed by atoms with E-state index in [1.165, 1.54) is 16.7 Å². The lowest BCUT2D eigenvalue weighted by Gasteiger charge is -2.02. The van der Waals surface area contributed by atoms with Crippen LogP contribution in [0.2, 0.25) is 0 Å². The van der Waals surface area contributed by atoms with Gasteiger partial charge in [-0.1, -0.05) is 44.2 Å². The van der Waals surface area contributed by atoms with E-state index < -0.39 is 0 Å². The molecule has 1 N–H and O–H groups in total. The highest BCUT2D eigenvalue weighted by atomic mass is 32.1. The maximum absolute atomic E-state index is 5.79. The molecule has 5 heteroatoms. The van der Waals surface area contributed by atoms with Crippen LogP contribution in [0, 0.1) is 6.92 Å². The summed E-state index contributed by atoms with van der Waals surface area (Å²) in [4.78, 5) is 9.28. The average molecular weight is 363 g/mol. The third kappa shape index (κ3) is 3.35. The molecule has 2 aromatic heterocycles. The number of nitrogens with one attached hydrogen (secondary N) is 1. The molecule has 0 atom stereocenters. The molecule has 4 aromatic rings. The molecule has 0 aliphatic carbocycles. The van der Waals surface area contributed by atoms with Crippen LogP contribution in [0.3, 0.4) is 0 Å². The van der Waals surface area contributed by atoms with Crippen LogP contribution >= 0.6 is 11.3 Å². The predicted molar refractivity (Wildman–Crippen MR) is 108 cm³/mol. The van der Waals surface area contributed by atoms with E-state index >= 15 is 0 Å². The number of rotatable bonds is 5. The summed E-state index contributed by atoms with van der Waals surface area (Å²) in [5, 5.41) is 6.36.